The summed E-state index contributed by atoms with van der Waals surface area (Å²) in [6.45, 7) is 4.22. The molecule has 0 radical (unpaired) electrons. The molecule has 0 unspecified atom stereocenters. The van der Waals surface area contributed by atoms with Crippen molar-refractivity contribution in [1.29, 1.82) is 0 Å². The molecule has 0 aromatic heterocycles. The van der Waals surface area contributed by atoms with Crippen molar-refractivity contribution in [3.05, 3.63) is 29.8 Å². The maximum atomic E-state index is 12.1. The van der Waals surface area contributed by atoms with Crippen LogP contribution in [0.15, 0.2) is 24.3 Å². The lowest BCUT2D eigenvalue weighted by Gasteiger charge is -2.28. The average Bonchev–Trinajstić information content (AvgIpc) is 3.22. The minimum Gasteiger partial charge on any atom is -0.494 e. The molecule has 2 aliphatic carbocycles. The molecule has 2 fully saturated rings. The first-order chi connectivity index (χ1) is 12.0. The second-order valence-electron chi connectivity index (χ2n) is 7.73. The number of carbonyl (C=O) groups excluding carboxylic acids is 2. The highest BCUT2D eigenvalue weighted by atomic mass is 16.5. The van der Waals surface area contributed by atoms with Crippen molar-refractivity contribution in [1.82, 2.24) is 5.32 Å². The third kappa shape index (κ3) is 4.62. The number of carbonyl (C=O) groups is 2. The first kappa shape index (κ1) is 18.0. The molecule has 2 saturated carbocycles. The number of rotatable bonds is 8. The van der Waals surface area contributed by atoms with Crippen LogP contribution in [0.3, 0.4) is 0 Å². The van der Waals surface area contributed by atoms with Gasteiger partial charge in [0.1, 0.15) is 5.75 Å². The fraction of sp³-hybridized carbons (Fsp3) is 0.619. The summed E-state index contributed by atoms with van der Waals surface area (Å²) >= 11 is 0. The molecule has 136 valence electrons. The Morgan fingerprint density at radius 2 is 1.96 bits per heavy atom. The lowest BCUT2D eigenvalue weighted by molar-refractivity contribution is -0.122. The summed E-state index contributed by atoms with van der Waals surface area (Å²) in [6.07, 6.45) is 6.62. The van der Waals surface area contributed by atoms with Crippen molar-refractivity contribution in [2.75, 3.05) is 6.61 Å². The summed E-state index contributed by atoms with van der Waals surface area (Å²) in [4.78, 5) is 23.4. The second-order valence-corrected chi connectivity index (χ2v) is 7.73. The van der Waals surface area contributed by atoms with Crippen LogP contribution >= 0.6 is 0 Å². The highest BCUT2D eigenvalue weighted by Crippen LogP contribution is 2.49. The van der Waals surface area contributed by atoms with E-state index >= 15 is 0 Å². The van der Waals surface area contributed by atoms with E-state index in [-0.39, 0.29) is 11.7 Å². The highest BCUT2D eigenvalue weighted by molar-refractivity contribution is 5.94. The van der Waals surface area contributed by atoms with Gasteiger partial charge in [-0.3, -0.25) is 9.59 Å². The minimum absolute atomic E-state index is 0.0489. The van der Waals surface area contributed by atoms with E-state index in [9.17, 15) is 9.59 Å². The molecule has 0 heterocycles. The van der Waals surface area contributed by atoms with Crippen LogP contribution in [0.2, 0.25) is 0 Å². The van der Waals surface area contributed by atoms with E-state index in [4.69, 9.17) is 4.74 Å². The van der Waals surface area contributed by atoms with E-state index in [1.54, 1.807) is 31.2 Å². The van der Waals surface area contributed by atoms with Gasteiger partial charge in [-0.25, -0.2) is 0 Å². The van der Waals surface area contributed by atoms with Crippen LogP contribution in [0.1, 0.15) is 62.7 Å². The molecule has 1 aromatic rings. The van der Waals surface area contributed by atoms with E-state index in [0.717, 1.165) is 17.6 Å². The van der Waals surface area contributed by atoms with Gasteiger partial charge in [-0.15, -0.1) is 0 Å². The quantitative estimate of drug-likeness (QED) is 0.573. The molecule has 1 N–H and O–H groups in total. The summed E-state index contributed by atoms with van der Waals surface area (Å²) in [5.41, 5.74) is 0.682. The van der Waals surface area contributed by atoms with Gasteiger partial charge in [-0.2, -0.15) is 0 Å². The van der Waals surface area contributed by atoms with Crippen molar-refractivity contribution in [2.45, 2.75) is 58.4 Å². The Kier molecular flexibility index (Phi) is 5.77. The van der Waals surface area contributed by atoms with Gasteiger partial charge in [-0.05, 0) is 81.5 Å². The Bertz CT molecular complexity index is 610. The molecule has 0 spiro atoms. The largest absolute Gasteiger partial charge is 0.494 e. The van der Waals surface area contributed by atoms with Crippen molar-refractivity contribution in [3.8, 4) is 5.75 Å². The van der Waals surface area contributed by atoms with Crippen molar-refractivity contribution >= 4 is 11.7 Å². The Hall–Kier alpha value is -1.84. The number of ether oxygens (including phenoxy) is 1. The molecule has 0 saturated heterocycles. The van der Waals surface area contributed by atoms with Crippen molar-refractivity contribution in [3.63, 3.8) is 0 Å². The average molecular weight is 343 g/mol. The van der Waals surface area contributed by atoms with Gasteiger partial charge in [0.05, 0.1) is 6.61 Å². The molecule has 4 nitrogen and oxygen atoms in total. The number of fused-ring (bicyclic) bond motifs is 2. The SMILES string of the molecule is CC(=O)c1ccc(OCCCC(=O)N[C@H](C)[C@@H]2C[C@H]3CC[C@H]2C3)cc1. The fourth-order valence-corrected chi connectivity index (χ4v) is 4.55. The Morgan fingerprint density at radius 1 is 1.20 bits per heavy atom. The number of ketones is 1. The van der Waals surface area contributed by atoms with Crippen LogP contribution in [-0.4, -0.2) is 24.3 Å². The first-order valence-corrected chi connectivity index (χ1v) is 9.56. The monoisotopic (exact) mass is 343 g/mol. The van der Waals surface area contributed by atoms with E-state index < -0.39 is 0 Å². The number of nitrogens with one attached hydrogen (secondary N) is 1. The maximum Gasteiger partial charge on any atom is 0.220 e. The summed E-state index contributed by atoms with van der Waals surface area (Å²) in [5, 5.41) is 3.19. The molecule has 2 aliphatic rings. The fourth-order valence-electron chi connectivity index (χ4n) is 4.55. The molecule has 1 aromatic carbocycles. The van der Waals surface area contributed by atoms with Crippen LogP contribution in [0, 0.1) is 17.8 Å². The molecule has 3 rings (SSSR count). The van der Waals surface area contributed by atoms with Gasteiger partial charge in [-0.1, -0.05) is 6.42 Å². The number of Topliss-reactive ketones (excluding diaryl/α,β-unsaturated/α-hetero) is 1. The van der Waals surface area contributed by atoms with Crippen molar-refractivity contribution in [2.24, 2.45) is 17.8 Å². The molecule has 1 amide bonds. The lowest BCUT2D eigenvalue weighted by Crippen LogP contribution is -2.40. The topological polar surface area (TPSA) is 55.4 Å². The van der Waals surface area contributed by atoms with E-state index in [2.05, 4.69) is 12.2 Å². The van der Waals surface area contributed by atoms with Crippen molar-refractivity contribution < 1.29 is 14.3 Å². The number of hydrogen-bond donors (Lipinski definition) is 1. The van der Waals surface area contributed by atoms with Gasteiger partial charge in [0, 0.05) is 18.0 Å². The zero-order valence-electron chi connectivity index (χ0n) is 15.3. The smallest absolute Gasteiger partial charge is 0.220 e. The van der Waals surface area contributed by atoms with Gasteiger partial charge in [0.15, 0.2) is 5.78 Å². The third-order valence-electron chi connectivity index (χ3n) is 5.90. The highest BCUT2D eigenvalue weighted by Gasteiger charge is 2.41. The molecular weight excluding hydrogens is 314 g/mol. The van der Waals surface area contributed by atoms with E-state index in [0.29, 0.717) is 37.0 Å². The normalized spacial score (nSPS) is 25.6. The predicted octanol–water partition coefficient (Wildman–Crippen LogP) is 3.99. The zero-order valence-corrected chi connectivity index (χ0v) is 15.3. The van der Waals surface area contributed by atoms with Crippen LogP contribution in [0.4, 0.5) is 0 Å². The lowest BCUT2D eigenvalue weighted by atomic mass is 9.84. The number of benzene rings is 1. The number of hydrogen-bond acceptors (Lipinski definition) is 3. The van der Waals surface area contributed by atoms with Gasteiger partial charge in [0.25, 0.3) is 0 Å². The molecular formula is C21H29NO3. The third-order valence-corrected chi connectivity index (χ3v) is 5.90. The van der Waals surface area contributed by atoms with Crippen LogP contribution in [-0.2, 0) is 4.79 Å². The Balaban J connectivity index is 1.33. The zero-order chi connectivity index (χ0) is 17.8. The summed E-state index contributed by atoms with van der Waals surface area (Å²) in [6, 6.07) is 7.42. The van der Waals surface area contributed by atoms with Gasteiger partial charge < -0.3 is 10.1 Å². The Morgan fingerprint density at radius 3 is 2.56 bits per heavy atom. The van der Waals surface area contributed by atoms with E-state index in [1.165, 1.54) is 25.7 Å². The number of amides is 1. The molecule has 2 bridgehead atoms. The predicted molar refractivity (Wildman–Crippen MR) is 97.7 cm³/mol. The summed E-state index contributed by atoms with van der Waals surface area (Å²) in [7, 11) is 0. The molecule has 4 heteroatoms. The summed E-state index contributed by atoms with van der Waals surface area (Å²) in [5.74, 6) is 3.34. The molecule has 0 aliphatic heterocycles. The maximum absolute atomic E-state index is 12.1. The minimum atomic E-state index is 0.0489. The van der Waals surface area contributed by atoms with Crippen LogP contribution in [0.25, 0.3) is 0 Å². The molecule has 25 heavy (non-hydrogen) atoms. The van der Waals surface area contributed by atoms with Gasteiger partial charge in [0.2, 0.25) is 5.91 Å². The van der Waals surface area contributed by atoms with E-state index in [1.807, 2.05) is 0 Å². The van der Waals surface area contributed by atoms with Crippen LogP contribution < -0.4 is 10.1 Å². The second kappa shape index (κ2) is 8.03. The first-order valence-electron chi connectivity index (χ1n) is 9.56. The standard InChI is InChI=1S/C21H29NO3/c1-14(20-13-16-5-6-18(20)12-16)22-21(24)4-3-11-25-19-9-7-17(8-10-19)15(2)23/h7-10,14,16,18,20H,3-6,11-13H2,1-2H3,(H,22,24)/t14-,16+,18+,20+/m1/s1. The summed E-state index contributed by atoms with van der Waals surface area (Å²) < 4.78 is 5.64. The van der Waals surface area contributed by atoms with Gasteiger partial charge >= 0.3 is 0 Å². The molecule has 4 atom stereocenters. The van der Waals surface area contributed by atoms with Crippen LogP contribution in [0.5, 0.6) is 5.75 Å². The Labute approximate surface area is 150 Å².